The topological polar surface area (TPSA) is 82.0 Å². The SMILES string of the molecule is CN(C)c1ccc(C(=O)NCCCCCC[C@@H](O)N=O)cc1. The van der Waals surface area contributed by atoms with Gasteiger partial charge in [0, 0.05) is 31.9 Å². The van der Waals surface area contributed by atoms with Gasteiger partial charge < -0.3 is 15.3 Å². The summed E-state index contributed by atoms with van der Waals surface area (Å²) in [5.74, 6) is -0.0640. The lowest BCUT2D eigenvalue weighted by molar-refractivity contribution is 0.0953. The van der Waals surface area contributed by atoms with Crippen LogP contribution in [0.1, 0.15) is 42.5 Å². The minimum absolute atomic E-state index is 0.0640. The molecule has 6 nitrogen and oxygen atoms in total. The maximum atomic E-state index is 11.9. The molecule has 1 aromatic rings. The molecule has 0 fully saturated rings. The van der Waals surface area contributed by atoms with E-state index in [9.17, 15) is 9.70 Å². The molecule has 0 unspecified atom stereocenters. The molecule has 0 spiro atoms. The highest BCUT2D eigenvalue weighted by Gasteiger charge is 2.05. The Morgan fingerprint density at radius 1 is 1.18 bits per heavy atom. The van der Waals surface area contributed by atoms with Crippen molar-refractivity contribution in [2.45, 2.75) is 38.3 Å². The van der Waals surface area contributed by atoms with Gasteiger partial charge in [0.2, 0.25) is 0 Å². The predicted molar refractivity (Wildman–Crippen MR) is 88.0 cm³/mol. The molecule has 0 aliphatic heterocycles. The van der Waals surface area contributed by atoms with Crippen molar-refractivity contribution in [1.29, 1.82) is 0 Å². The van der Waals surface area contributed by atoms with E-state index in [0.717, 1.165) is 31.4 Å². The van der Waals surface area contributed by atoms with Crippen LogP contribution in [0.25, 0.3) is 0 Å². The summed E-state index contributed by atoms with van der Waals surface area (Å²) >= 11 is 0. The number of aliphatic hydroxyl groups is 1. The van der Waals surface area contributed by atoms with Gasteiger partial charge in [-0.3, -0.25) is 4.79 Å². The minimum atomic E-state index is -1.08. The van der Waals surface area contributed by atoms with Gasteiger partial charge in [0.1, 0.15) is 0 Å². The van der Waals surface area contributed by atoms with Gasteiger partial charge in [-0.25, -0.2) is 0 Å². The molecule has 0 bridgehead atoms. The molecular weight excluding hydrogens is 282 g/mol. The molecule has 1 amide bonds. The van der Waals surface area contributed by atoms with Gasteiger partial charge in [0.15, 0.2) is 6.23 Å². The van der Waals surface area contributed by atoms with E-state index in [-0.39, 0.29) is 5.91 Å². The second-order valence-electron chi connectivity index (χ2n) is 5.49. The monoisotopic (exact) mass is 307 g/mol. The summed E-state index contributed by atoms with van der Waals surface area (Å²) in [5.41, 5.74) is 1.72. The number of benzene rings is 1. The standard InChI is InChI=1S/C16H25N3O3/c1-19(2)14-10-8-13(9-11-14)16(21)17-12-6-4-3-5-7-15(20)18-22/h8-11,15,20H,3-7,12H2,1-2H3,(H,17,21)/t15-/m1/s1. The van der Waals surface area contributed by atoms with Gasteiger partial charge in [-0.2, -0.15) is 0 Å². The average molecular weight is 307 g/mol. The summed E-state index contributed by atoms with van der Waals surface area (Å²) in [7, 11) is 3.92. The first-order valence-electron chi connectivity index (χ1n) is 7.60. The fraction of sp³-hybridized carbons (Fsp3) is 0.562. The Morgan fingerprint density at radius 2 is 1.82 bits per heavy atom. The Hall–Kier alpha value is -1.95. The van der Waals surface area contributed by atoms with Crippen LogP contribution in [0, 0.1) is 4.91 Å². The van der Waals surface area contributed by atoms with Crippen molar-refractivity contribution in [1.82, 2.24) is 5.32 Å². The van der Waals surface area contributed by atoms with E-state index in [4.69, 9.17) is 5.11 Å². The lowest BCUT2D eigenvalue weighted by Crippen LogP contribution is -2.24. The number of hydrogen-bond donors (Lipinski definition) is 2. The van der Waals surface area contributed by atoms with Crippen LogP contribution < -0.4 is 10.2 Å². The van der Waals surface area contributed by atoms with Crippen LogP contribution in [0.2, 0.25) is 0 Å². The fourth-order valence-electron chi connectivity index (χ4n) is 2.07. The number of nitrogens with one attached hydrogen (secondary N) is 1. The second kappa shape index (κ2) is 9.89. The summed E-state index contributed by atoms with van der Waals surface area (Å²) in [4.78, 5) is 23.9. The third kappa shape index (κ3) is 6.67. The summed E-state index contributed by atoms with van der Waals surface area (Å²) in [6.07, 6.45) is 2.85. The molecular formula is C16H25N3O3. The van der Waals surface area contributed by atoms with Crippen molar-refractivity contribution in [2.24, 2.45) is 5.18 Å². The molecule has 6 heteroatoms. The lowest BCUT2D eigenvalue weighted by Gasteiger charge is -2.12. The lowest BCUT2D eigenvalue weighted by atomic mass is 10.1. The van der Waals surface area contributed by atoms with E-state index in [1.54, 1.807) is 0 Å². The van der Waals surface area contributed by atoms with E-state index < -0.39 is 6.23 Å². The van der Waals surface area contributed by atoms with Crippen LogP contribution in [0.4, 0.5) is 5.69 Å². The van der Waals surface area contributed by atoms with Gasteiger partial charge in [0.25, 0.3) is 5.91 Å². The molecule has 0 aliphatic carbocycles. The molecule has 0 aliphatic rings. The first kappa shape index (κ1) is 18.1. The van der Waals surface area contributed by atoms with Gasteiger partial charge in [-0.05, 0) is 48.7 Å². The first-order chi connectivity index (χ1) is 10.5. The highest BCUT2D eigenvalue weighted by atomic mass is 16.3. The largest absolute Gasteiger partial charge is 0.378 e. The van der Waals surface area contributed by atoms with Crippen molar-refractivity contribution in [3.8, 4) is 0 Å². The van der Waals surface area contributed by atoms with E-state index in [2.05, 4.69) is 10.5 Å². The number of hydrogen-bond acceptors (Lipinski definition) is 5. The van der Waals surface area contributed by atoms with Crippen molar-refractivity contribution in [3.63, 3.8) is 0 Å². The van der Waals surface area contributed by atoms with Crippen LogP contribution in [0.3, 0.4) is 0 Å². The third-order valence-electron chi connectivity index (χ3n) is 3.44. The maximum absolute atomic E-state index is 11.9. The Labute approximate surface area is 131 Å². The van der Waals surface area contributed by atoms with Crippen molar-refractivity contribution in [3.05, 3.63) is 34.7 Å². The molecule has 1 rings (SSSR count). The number of rotatable bonds is 10. The molecule has 0 heterocycles. The average Bonchev–Trinajstić information content (AvgIpc) is 2.53. The summed E-state index contributed by atoms with van der Waals surface area (Å²) in [5, 5.41) is 14.4. The molecule has 0 radical (unpaired) electrons. The molecule has 2 N–H and O–H groups in total. The van der Waals surface area contributed by atoms with E-state index in [1.165, 1.54) is 0 Å². The number of unbranched alkanes of at least 4 members (excludes halogenated alkanes) is 3. The third-order valence-corrected chi connectivity index (χ3v) is 3.44. The van der Waals surface area contributed by atoms with Crippen LogP contribution in [0.5, 0.6) is 0 Å². The minimum Gasteiger partial charge on any atom is -0.378 e. The van der Waals surface area contributed by atoms with E-state index >= 15 is 0 Å². The zero-order chi connectivity index (χ0) is 16.4. The van der Waals surface area contributed by atoms with Gasteiger partial charge in [0.05, 0.1) is 0 Å². The Bertz CT molecular complexity index is 460. The van der Waals surface area contributed by atoms with Crippen molar-refractivity contribution < 1.29 is 9.90 Å². The fourth-order valence-corrected chi connectivity index (χ4v) is 2.07. The van der Waals surface area contributed by atoms with Crippen molar-refractivity contribution >= 4 is 11.6 Å². The Morgan fingerprint density at radius 3 is 2.41 bits per heavy atom. The van der Waals surface area contributed by atoms with Crippen LogP contribution >= 0.6 is 0 Å². The number of aliphatic hydroxyl groups excluding tert-OH is 1. The number of anilines is 1. The number of nitroso groups, excluding NO2 is 1. The van der Waals surface area contributed by atoms with Gasteiger partial charge in [-0.15, -0.1) is 4.91 Å². The zero-order valence-corrected chi connectivity index (χ0v) is 13.3. The molecule has 22 heavy (non-hydrogen) atoms. The molecule has 1 atom stereocenters. The van der Waals surface area contributed by atoms with Gasteiger partial charge in [-0.1, -0.05) is 12.8 Å². The number of carbonyl (C=O) groups is 1. The predicted octanol–water partition coefficient (Wildman–Crippen LogP) is 2.52. The van der Waals surface area contributed by atoms with Crippen LogP contribution in [-0.4, -0.2) is 37.9 Å². The molecule has 0 saturated heterocycles. The summed E-state index contributed by atoms with van der Waals surface area (Å²) in [6.45, 7) is 0.628. The van der Waals surface area contributed by atoms with Crippen molar-refractivity contribution in [2.75, 3.05) is 25.5 Å². The molecule has 0 saturated carbocycles. The van der Waals surface area contributed by atoms with Gasteiger partial charge >= 0.3 is 0 Å². The normalized spacial score (nSPS) is 11.8. The smallest absolute Gasteiger partial charge is 0.251 e. The van der Waals surface area contributed by atoms with Crippen LogP contribution in [0.15, 0.2) is 29.4 Å². The quantitative estimate of drug-likeness (QED) is 0.514. The van der Waals surface area contributed by atoms with E-state index in [1.807, 2.05) is 43.3 Å². The Balaban J connectivity index is 2.16. The molecule has 0 aromatic heterocycles. The number of carbonyl (C=O) groups excluding carboxylic acids is 1. The zero-order valence-electron chi connectivity index (χ0n) is 13.3. The van der Waals surface area contributed by atoms with Crippen LogP contribution in [-0.2, 0) is 0 Å². The number of amides is 1. The highest BCUT2D eigenvalue weighted by molar-refractivity contribution is 5.94. The highest BCUT2D eigenvalue weighted by Crippen LogP contribution is 2.12. The first-order valence-corrected chi connectivity index (χ1v) is 7.60. The maximum Gasteiger partial charge on any atom is 0.251 e. The molecule has 1 aromatic carbocycles. The number of nitrogens with zero attached hydrogens (tertiary/aromatic N) is 2. The summed E-state index contributed by atoms with van der Waals surface area (Å²) in [6, 6.07) is 7.47. The molecule has 122 valence electrons. The van der Waals surface area contributed by atoms with E-state index in [0.29, 0.717) is 18.5 Å². The summed E-state index contributed by atoms with van der Waals surface area (Å²) < 4.78 is 0. The Kier molecular flexibility index (Phi) is 8.14. The second-order valence-corrected chi connectivity index (χ2v) is 5.49.